The van der Waals surface area contributed by atoms with Crippen LogP contribution in [-0.4, -0.2) is 19.6 Å². The van der Waals surface area contributed by atoms with E-state index in [1.807, 2.05) is 0 Å². The van der Waals surface area contributed by atoms with Gasteiger partial charge >= 0.3 is 12.4 Å². The summed E-state index contributed by atoms with van der Waals surface area (Å²) in [7, 11) is 1.55. The average molecular weight is 304 g/mol. The van der Waals surface area contributed by atoms with Crippen LogP contribution in [0.25, 0.3) is 0 Å². The van der Waals surface area contributed by atoms with E-state index in [0.717, 1.165) is 4.90 Å². The first-order valence-electron chi connectivity index (χ1n) is 6.02. The molecule has 107 valence electrons. The van der Waals surface area contributed by atoms with Gasteiger partial charge in [-0.3, -0.25) is 4.79 Å². The SMILES string of the molecule is COc1ccc(NC(=O)N([C]=O)c2cccc(Cl)c2)cc1. The van der Waals surface area contributed by atoms with Crippen molar-refractivity contribution in [2.24, 2.45) is 0 Å². The highest BCUT2D eigenvalue weighted by Gasteiger charge is 2.16. The van der Waals surface area contributed by atoms with E-state index in [1.54, 1.807) is 56.0 Å². The maximum absolute atomic E-state index is 12.1. The predicted molar refractivity (Wildman–Crippen MR) is 81.6 cm³/mol. The zero-order valence-corrected chi connectivity index (χ0v) is 11.9. The molecule has 0 aliphatic carbocycles. The summed E-state index contributed by atoms with van der Waals surface area (Å²) in [5.41, 5.74) is 0.867. The number of imide groups is 1. The van der Waals surface area contributed by atoms with Gasteiger partial charge in [-0.15, -0.1) is 0 Å². The Balaban J connectivity index is 2.14. The number of benzene rings is 2. The van der Waals surface area contributed by atoms with Gasteiger partial charge in [0.25, 0.3) is 0 Å². The fourth-order valence-corrected chi connectivity index (χ4v) is 1.86. The molecule has 1 N–H and O–H groups in total. The number of rotatable bonds is 4. The first-order chi connectivity index (χ1) is 10.1. The predicted octanol–water partition coefficient (Wildman–Crippen LogP) is 3.45. The van der Waals surface area contributed by atoms with Crippen molar-refractivity contribution in [2.45, 2.75) is 0 Å². The van der Waals surface area contributed by atoms with Crippen LogP contribution in [0.5, 0.6) is 5.75 Å². The standard InChI is InChI=1S/C15H12ClN2O3/c1-21-14-7-5-12(6-8-14)17-15(20)18(10-19)13-4-2-3-11(16)9-13/h2-9H,1H3,(H,17,20). The molecule has 5 nitrogen and oxygen atoms in total. The molecular weight excluding hydrogens is 292 g/mol. The van der Waals surface area contributed by atoms with E-state index < -0.39 is 6.03 Å². The molecule has 2 aromatic rings. The first kappa shape index (κ1) is 14.9. The summed E-state index contributed by atoms with van der Waals surface area (Å²) in [6, 6.07) is 12.5. The number of nitrogens with zero attached hydrogens (tertiary/aromatic N) is 1. The average Bonchev–Trinajstić information content (AvgIpc) is 2.49. The third-order valence-corrected chi connectivity index (χ3v) is 2.94. The van der Waals surface area contributed by atoms with E-state index in [2.05, 4.69) is 5.32 Å². The van der Waals surface area contributed by atoms with Crippen LogP contribution in [0.2, 0.25) is 5.02 Å². The van der Waals surface area contributed by atoms with Crippen molar-refractivity contribution in [3.05, 3.63) is 53.6 Å². The van der Waals surface area contributed by atoms with Gasteiger partial charge in [0.2, 0.25) is 0 Å². The number of hydrogen-bond donors (Lipinski definition) is 1. The van der Waals surface area contributed by atoms with Crippen LogP contribution in [0.4, 0.5) is 16.2 Å². The fourth-order valence-electron chi connectivity index (χ4n) is 1.68. The van der Waals surface area contributed by atoms with Crippen molar-refractivity contribution in [1.82, 2.24) is 0 Å². The van der Waals surface area contributed by atoms with Gasteiger partial charge in [-0.2, -0.15) is 0 Å². The Labute approximate surface area is 127 Å². The topological polar surface area (TPSA) is 58.6 Å². The van der Waals surface area contributed by atoms with Gasteiger partial charge in [-0.1, -0.05) is 17.7 Å². The van der Waals surface area contributed by atoms with Crippen molar-refractivity contribution < 1.29 is 14.3 Å². The highest BCUT2D eigenvalue weighted by Crippen LogP contribution is 2.20. The molecule has 0 atom stereocenters. The molecule has 0 saturated heterocycles. The van der Waals surface area contributed by atoms with Crippen LogP contribution in [0.3, 0.4) is 0 Å². The van der Waals surface area contributed by atoms with Gasteiger partial charge < -0.3 is 10.1 Å². The number of amides is 3. The van der Waals surface area contributed by atoms with Crippen LogP contribution in [0.15, 0.2) is 48.5 Å². The molecule has 0 aliphatic heterocycles. The Morgan fingerprint density at radius 2 is 1.95 bits per heavy atom. The molecule has 21 heavy (non-hydrogen) atoms. The highest BCUT2D eigenvalue weighted by molar-refractivity contribution is 6.31. The molecule has 0 aliphatic rings. The summed E-state index contributed by atoms with van der Waals surface area (Å²) in [6.45, 7) is 0. The third-order valence-electron chi connectivity index (χ3n) is 2.70. The van der Waals surface area contributed by atoms with Crippen LogP contribution in [0, 0.1) is 0 Å². The van der Waals surface area contributed by atoms with Crippen LogP contribution in [0.1, 0.15) is 0 Å². The van der Waals surface area contributed by atoms with Gasteiger partial charge in [0.1, 0.15) is 5.75 Å². The second-order valence-electron chi connectivity index (χ2n) is 4.07. The Bertz CT molecular complexity index is 644. The molecule has 0 aromatic heterocycles. The van der Waals surface area contributed by atoms with Crippen molar-refractivity contribution in [1.29, 1.82) is 0 Å². The smallest absolute Gasteiger partial charge is 0.333 e. The maximum Gasteiger partial charge on any atom is 0.333 e. The number of halogens is 1. The van der Waals surface area contributed by atoms with Gasteiger partial charge in [0.15, 0.2) is 0 Å². The second kappa shape index (κ2) is 6.76. The van der Waals surface area contributed by atoms with Crippen molar-refractivity contribution in [3.63, 3.8) is 0 Å². The lowest BCUT2D eigenvalue weighted by Gasteiger charge is -2.15. The maximum atomic E-state index is 12.1. The van der Waals surface area contributed by atoms with E-state index in [9.17, 15) is 9.59 Å². The molecule has 6 heteroatoms. The number of anilines is 2. The van der Waals surface area contributed by atoms with E-state index in [-0.39, 0.29) is 0 Å². The Morgan fingerprint density at radius 3 is 2.52 bits per heavy atom. The lowest BCUT2D eigenvalue weighted by atomic mass is 10.3. The van der Waals surface area contributed by atoms with Crippen molar-refractivity contribution >= 4 is 35.4 Å². The van der Waals surface area contributed by atoms with Crippen LogP contribution in [-0.2, 0) is 4.79 Å². The molecule has 2 aromatic carbocycles. The summed E-state index contributed by atoms with van der Waals surface area (Å²) in [5, 5.41) is 3.01. The van der Waals surface area contributed by atoms with Crippen molar-refractivity contribution in [3.8, 4) is 5.75 Å². The molecule has 0 heterocycles. The third kappa shape index (κ3) is 3.73. The fraction of sp³-hybridized carbons (Fsp3) is 0.0667. The number of carbonyl (C=O) groups excluding carboxylic acids is 2. The first-order valence-corrected chi connectivity index (χ1v) is 6.40. The quantitative estimate of drug-likeness (QED) is 0.880. The van der Waals surface area contributed by atoms with Gasteiger partial charge in [-0.05, 0) is 42.5 Å². The minimum atomic E-state index is -0.627. The summed E-state index contributed by atoms with van der Waals surface area (Å²) < 4.78 is 5.03. The zero-order chi connectivity index (χ0) is 15.2. The summed E-state index contributed by atoms with van der Waals surface area (Å²) in [4.78, 5) is 23.9. The Hall–Kier alpha value is -2.53. The molecule has 2 rings (SSSR count). The Morgan fingerprint density at radius 1 is 1.24 bits per heavy atom. The monoisotopic (exact) mass is 303 g/mol. The number of methoxy groups -OCH3 is 1. The summed E-state index contributed by atoms with van der Waals surface area (Å²) in [5.74, 6) is 0.668. The zero-order valence-electron chi connectivity index (χ0n) is 11.2. The number of carbonyl (C=O) groups is 1. The lowest BCUT2D eigenvalue weighted by molar-refractivity contribution is 0.259. The summed E-state index contributed by atoms with van der Waals surface area (Å²) in [6.07, 6.45) is 1.58. The molecule has 0 spiro atoms. The van der Waals surface area contributed by atoms with Crippen LogP contribution < -0.4 is 15.0 Å². The number of nitrogens with one attached hydrogen (secondary N) is 1. The lowest BCUT2D eigenvalue weighted by Crippen LogP contribution is -2.33. The van der Waals surface area contributed by atoms with Crippen LogP contribution >= 0.6 is 11.6 Å². The van der Waals surface area contributed by atoms with Crippen molar-refractivity contribution in [2.75, 3.05) is 17.3 Å². The number of urea groups is 1. The largest absolute Gasteiger partial charge is 0.497 e. The van der Waals surface area contributed by atoms with Gasteiger partial charge in [0.05, 0.1) is 12.8 Å². The van der Waals surface area contributed by atoms with E-state index >= 15 is 0 Å². The van der Waals surface area contributed by atoms with Gasteiger partial charge in [0, 0.05) is 10.7 Å². The molecule has 0 bridgehead atoms. The normalized spacial score (nSPS) is 9.81. The van der Waals surface area contributed by atoms with E-state index in [0.29, 0.717) is 22.1 Å². The molecular formula is C15H12ClN2O3. The van der Waals surface area contributed by atoms with E-state index in [4.69, 9.17) is 16.3 Å². The number of ether oxygens (including phenoxy) is 1. The highest BCUT2D eigenvalue weighted by atomic mass is 35.5. The molecule has 0 unspecified atom stereocenters. The Kier molecular flexibility index (Phi) is 4.79. The molecule has 1 radical (unpaired) electrons. The molecule has 0 fully saturated rings. The molecule has 3 amide bonds. The van der Waals surface area contributed by atoms with E-state index in [1.165, 1.54) is 6.07 Å². The van der Waals surface area contributed by atoms with Gasteiger partial charge in [-0.25, -0.2) is 9.69 Å². The minimum Gasteiger partial charge on any atom is -0.497 e. The molecule has 0 saturated carbocycles. The second-order valence-corrected chi connectivity index (χ2v) is 4.50. The number of hydrogen-bond acceptors (Lipinski definition) is 3. The summed E-state index contributed by atoms with van der Waals surface area (Å²) >= 11 is 5.84. The minimum absolute atomic E-state index is 0.337.